The topological polar surface area (TPSA) is 110 Å². The van der Waals surface area contributed by atoms with Gasteiger partial charge in [-0.2, -0.15) is 0 Å². The van der Waals surface area contributed by atoms with Crippen molar-refractivity contribution in [2.45, 2.75) is 0 Å². The summed E-state index contributed by atoms with van der Waals surface area (Å²) in [4.78, 5) is 35.2. The standard InChI is InChI=1S/C10H7FN4O3/c11-5-1-3-6(4-2-5)15-8(12)7(14-18)9(16)13-10(15)17/h1-4H,12H2,(H,13,16,17). The molecule has 0 amide bonds. The number of nitrogen functional groups attached to an aromatic ring is 1. The zero-order valence-electron chi connectivity index (χ0n) is 8.88. The first-order chi connectivity index (χ1) is 8.54. The van der Waals surface area contributed by atoms with Crippen LogP contribution in [0, 0.1) is 10.7 Å². The van der Waals surface area contributed by atoms with Crippen molar-refractivity contribution in [1.29, 1.82) is 0 Å². The summed E-state index contributed by atoms with van der Waals surface area (Å²) in [5.74, 6) is -0.895. The molecule has 0 fully saturated rings. The molecule has 0 unspecified atom stereocenters. The highest BCUT2D eigenvalue weighted by Gasteiger charge is 2.13. The molecule has 0 saturated heterocycles. The van der Waals surface area contributed by atoms with E-state index in [9.17, 15) is 18.9 Å². The van der Waals surface area contributed by atoms with Crippen molar-refractivity contribution >= 4 is 11.5 Å². The van der Waals surface area contributed by atoms with Gasteiger partial charge in [0, 0.05) is 0 Å². The van der Waals surface area contributed by atoms with Crippen molar-refractivity contribution in [3.63, 3.8) is 0 Å². The van der Waals surface area contributed by atoms with Gasteiger partial charge in [-0.05, 0) is 29.4 Å². The normalized spacial score (nSPS) is 10.3. The number of hydrogen-bond acceptors (Lipinski definition) is 5. The zero-order valence-corrected chi connectivity index (χ0v) is 8.88. The Bertz CT molecular complexity index is 717. The van der Waals surface area contributed by atoms with Gasteiger partial charge in [0.1, 0.15) is 11.6 Å². The molecule has 0 spiro atoms. The molecule has 1 heterocycles. The molecular weight excluding hydrogens is 243 g/mol. The van der Waals surface area contributed by atoms with Crippen LogP contribution in [-0.2, 0) is 0 Å². The number of benzene rings is 1. The second kappa shape index (κ2) is 4.24. The summed E-state index contributed by atoms with van der Waals surface area (Å²) in [5.41, 5.74) is 3.33. The van der Waals surface area contributed by atoms with Crippen molar-refractivity contribution in [3.05, 3.63) is 55.8 Å². The molecule has 0 radical (unpaired) electrons. The van der Waals surface area contributed by atoms with E-state index in [4.69, 9.17) is 5.73 Å². The number of nitroso groups, excluding NO2 is 1. The average Bonchev–Trinajstić information content (AvgIpc) is 2.31. The van der Waals surface area contributed by atoms with Crippen LogP contribution in [-0.4, -0.2) is 9.55 Å². The minimum absolute atomic E-state index is 0.208. The van der Waals surface area contributed by atoms with Crippen molar-refractivity contribution in [3.8, 4) is 5.69 Å². The van der Waals surface area contributed by atoms with E-state index in [1.807, 2.05) is 4.98 Å². The first-order valence-electron chi connectivity index (χ1n) is 4.78. The van der Waals surface area contributed by atoms with E-state index >= 15 is 0 Å². The lowest BCUT2D eigenvalue weighted by Crippen LogP contribution is -2.30. The molecule has 0 aliphatic carbocycles. The fourth-order valence-corrected chi connectivity index (χ4v) is 1.48. The van der Waals surface area contributed by atoms with Crippen LogP contribution in [0.5, 0.6) is 0 Å². The predicted molar refractivity (Wildman–Crippen MR) is 62.5 cm³/mol. The van der Waals surface area contributed by atoms with E-state index in [2.05, 4.69) is 5.18 Å². The van der Waals surface area contributed by atoms with Crippen molar-refractivity contribution < 1.29 is 4.39 Å². The Kier molecular flexibility index (Phi) is 2.76. The van der Waals surface area contributed by atoms with Crippen LogP contribution >= 0.6 is 0 Å². The number of anilines is 1. The minimum Gasteiger partial charge on any atom is -0.383 e. The van der Waals surface area contributed by atoms with E-state index < -0.39 is 28.6 Å². The Labute approximate surface area is 98.7 Å². The highest BCUT2D eigenvalue weighted by Crippen LogP contribution is 2.17. The van der Waals surface area contributed by atoms with Crippen LogP contribution in [0.25, 0.3) is 5.69 Å². The summed E-state index contributed by atoms with van der Waals surface area (Å²) in [7, 11) is 0. The molecule has 0 bridgehead atoms. The van der Waals surface area contributed by atoms with E-state index in [1.165, 1.54) is 12.1 Å². The molecule has 0 aliphatic rings. The predicted octanol–water partition coefficient (Wildman–Crippen LogP) is 0.645. The number of nitrogens with zero attached hydrogens (tertiary/aromatic N) is 2. The van der Waals surface area contributed by atoms with E-state index in [0.717, 1.165) is 16.7 Å². The van der Waals surface area contributed by atoms with E-state index in [-0.39, 0.29) is 5.69 Å². The summed E-state index contributed by atoms with van der Waals surface area (Å²) in [6.45, 7) is 0. The third-order valence-corrected chi connectivity index (χ3v) is 2.30. The Balaban J connectivity index is 2.79. The second-order valence-electron chi connectivity index (χ2n) is 3.40. The Hall–Kier alpha value is -2.77. The van der Waals surface area contributed by atoms with Crippen LogP contribution in [0.2, 0.25) is 0 Å². The first-order valence-corrected chi connectivity index (χ1v) is 4.78. The third-order valence-electron chi connectivity index (χ3n) is 2.30. The smallest absolute Gasteiger partial charge is 0.334 e. The maximum Gasteiger partial charge on any atom is 0.334 e. The zero-order chi connectivity index (χ0) is 13.3. The fourth-order valence-electron chi connectivity index (χ4n) is 1.48. The summed E-state index contributed by atoms with van der Waals surface area (Å²) in [5, 5.41) is 2.46. The van der Waals surface area contributed by atoms with E-state index in [1.54, 1.807) is 0 Å². The molecule has 0 aliphatic heterocycles. The maximum absolute atomic E-state index is 12.8. The van der Waals surface area contributed by atoms with Crippen LogP contribution in [0.1, 0.15) is 0 Å². The lowest BCUT2D eigenvalue weighted by Gasteiger charge is -2.09. The number of nitrogens with one attached hydrogen (secondary N) is 1. The van der Waals surface area contributed by atoms with E-state index in [0.29, 0.717) is 0 Å². The SMILES string of the molecule is Nc1c(N=O)c(=O)[nH]c(=O)n1-c1ccc(F)cc1. The molecule has 8 heteroatoms. The van der Waals surface area contributed by atoms with Gasteiger partial charge in [-0.15, -0.1) is 4.91 Å². The number of halogens is 1. The molecule has 1 aromatic heterocycles. The largest absolute Gasteiger partial charge is 0.383 e. The summed E-state index contributed by atoms with van der Waals surface area (Å²) in [6, 6.07) is 4.78. The molecule has 0 atom stereocenters. The van der Waals surface area contributed by atoms with Crippen molar-refractivity contribution in [2.24, 2.45) is 5.18 Å². The van der Waals surface area contributed by atoms with Gasteiger partial charge < -0.3 is 5.73 Å². The van der Waals surface area contributed by atoms with Gasteiger partial charge in [-0.3, -0.25) is 9.78 Å². The molecule has 18 heavy (non-hydrogen) atoms. The first kappa shape index (κ1) is 11.7. The van der Waals surface area contributed by atoms with Gasteiger partial charge in [0.2, 0.25) is 5.69 Å². The number of aromatic nitrogens is 2. The molecule has 7 nitrogen and oxygen atoms in total. The molecule has 1 aromatic carbocycles. The fraction of sp³-hybridized carbons (Fsp3) is 0. The highest BCUT2D eigenvalue weighted by atomic mass is 19.1. The summed E-state index contributed by atoms with van der Waals surface area (Å²) < 4.78 is 13.6. The van der Waals surface area contributed by atoms with Gasteiger partial charge in [0.25, 0.3) is 5.56 Å². The summed E-state index contributed by atoms with van der Waals surface area (Å²) >= 11 is 0. The maximum atomic E-state index is 12.8. The number of H-pyrrole nitrogens is 1. The molecule has 2 rings (SSSR count). The van der Waals surface area contributed by atoms with Gasteiger partial charge in [-0.25, -0.2) is 13.8 Å². The second-order valence-corrected chi connectivity index (χ2v) is 3.40. The quantitative estimate of drug-likeness (QED) is 0.762. The minimum atomic E-state index is -0.967. The van der Waals surface area contributed by atoms with Crippen LogP contribution in [0.4, 0.5) is 15.9 Å². The third kappa shape index (κ3) is 1.79. The van der Waals surface area contributed by atoms with Crippen LogP contribution < -0.4 is 17.0 Å². The summed E-state index contributed by atoms with van der Waals surface area (Å²) in [6.07, 6.45) is 0. The van der Waals surface area contributed by atoms with Gasteiger partial charge in [0.15, 0.2) is 0 Å². The monoisotopic (exact) mass is 250 g/mol. The van der Waals surface area contributed by atoms with Crippen molar-refractivity contribution in [2.75, 3.05) is 5.73 Å². The number of rotatable bonds is 2. The lowest BCUT2D eigenvalue weighted by atomic mass is 10.3. The molecule has 0 saturated carbocycles. The number of aromatic amines is 1. The average molecular weight is 250 g/mol. The number of hydrogen-bond donors (Lipinski definition) is 2. The lowest BCUT2D eigenvalue weighted by molar-refractivity contribution is 0.627. The number of nitrogens with two attached hydrogens (primary N) is 1. The van der Waals surface area contributed by atoms with Gasteiger partial charge >= 0.3 is 5.69 Å². The van der Waals surface area contributed by atoms with Gasteiger partial charge in [-0.1, -0.05) is 0 Å². The highest BCUT2D eigenvalue weighted by molar-refractivity contribution is 5.59. The van der Waals surface area contributed by atoms with Crippen LogP contribution in [0.15, 0.2) is 39.0 Å². The van der Waals surface area contributed by atoms with Crippen molar-refractivity contribution in [1.82, 2.24) is 9.55 Å². The Morgan fingerprint density at radius 2 is 1.83 bits per heavy atom. The Morgan fingerprint density at radius 1 is 1.22 bits per heavy atom. The molecule has 92 valence electrons. The molecule has 2 aromatic rings. The van der Waals surface area contributed by atoms with Crippen LogP contribution in [0.3, 0.4) is 0 Å². The van der Waals surface area contributed by atoms with Gasteiger partial charge in [0.05, 0.1) is 5.69 Å². The Morgan fingerprint density at radius 3 is 2.39 bits per heavy atom. The molecule has 3 N–H and O–H groups in total. The molecular formula is C10H7FN4O3.